The van der Waals surface area contributed by atoms with Crippen LogP contribution in [-0.2, 0) is 0 Å². The van der Waals surface area contributed by atoms with Crippen LogP contribution in [0.15, 0.2) is 42.5 Å². The zero-order chi connectivity index (χ0) is 13.8. The third kappa shape index (κ3) is 3.02. The predicted octanol–water partition coefficient (Wildman–Crippen LogP) is 4.34. The van der Waals surface area contributed by atoms with Gasteiger partial charge in [-0.15, -0.1) is 11.6 Å². The Labute approximate surface area is 118 Å². The van der Waals surface area contributed by atoms with E-state index in [1.54, 1.807) is 14.2 Å². The maximum atomic E-state index is 6.51. The molecule has 2 aromatic rings. The van der Waals surface area contributed by atoms with Crippen LogP contribution in [0.5, 0.6) is 11.5 Å². The van der Waals surface area contributed by atoms with Gasteiger partial charge in [0.15, 0.2) is 0 Å². The van der Waals surface area contributed by atoms with Crippen molar-refractivity contribution in [2.45, 2.75) is 12.3 Å². The second-order valence-electron chi connectivity index (χ2n) is 4.36. The molecule has 0 spiro atoms. The number of rotatable bonds is 4. The smallest absolute Gasteiger partial charge is 0.122 e. The van der Waals surface area contributed by atoms with Crippen LogP contribution < -0.4 is 9.47 Å². The number of halogens is 1. The molecule has 2 aromatic carbocycles. The van der Waals surface area contributed by atoms with Gasteiger partial charge in [-0.05, 0) is 41.8 Å². The fraction of sp³-hybridized carbons (Fsp3) is 0.250. The van der Waals surface area contributed by atoms with E-state index >= 15 is 0 Å². The molecule has 0 radical (unpaired) electrons. The lowest BCUT2D eigenvalue weighted by Gasteiger charge is -2.13. The van der Waals surface area contributed by atoms with E-state index in [0.717, 1.165) is 28.2 Å². The van der Waals surface area contributed by atoms with Gasteiger partial charge in [-0.2, -0.15) is 0 Å². The highest BCUT2D eigenvalue weighted by atomic mass is 35.5. The standard InChI is InChI=1S/C16H17ClO2/c1-11-4-5-13(10-15(11)19-3)16(17)12-6-8-14(18-2)9-7-12/h4-10,16H,1-3H3. The first-order valence-electron chi connectivity index (χ1n) is 6.08. The van der Waals surface area contributed by atoms with E-state index < -0.39 is 0 Å². The van der Waals surface area contributed by atoms with E-state index in [1.165, 1.54) is 0 Å². The molecule has 0 aliphatic rings. The summed E-state index contributed by atoms with van der Waals surface area (Å²) in [7, 11) is 3.32. The average Bonchev–Trinajstić information content (AvgIpc) is 2.47. The van der Waals surface area contributed by atoms with Crippen molar-refractivity contribution in [3.05, 3.63) is 59.2 Å². The molecule has 3 heteroatoms. The third-order valence-electron chi connectivity index (χ3n) is 3.13. The number of methoxy groups -OCH3 is 2. The monoisotopic (exact) mass is 276 g/mol. The molecule has 2 nitrogen and oxygen atoms in total. The van der Waals surface area contributed by atoms with Crippen molar-refractivity contribution in [3.8, 4) is 11.5 Å². The van der Waals surface area contributed by atoms with Gasteiger partial charge in [0, 0.05) is 0 Å². The second-order valence-corrected chi connectivity index (χ2v) is 4.80. The molecular weight excluding hydrogens is 260 g/mol. The molecular formula is C16H17ClO2. The van der Waals surface area contributed by atoms with Crippen molar-refractivity contribution in [1.29, 1.82) is 0 Å². The summed E-state index contributed by atoms with van der Waals surface area (Å²) in [6.07, 6.45) is 0. The van der Waals surface area contributed by atoms with Crippen molar-refractivity contribution in [3.63, 3.8) is 0 Å². The predicted molar refractivity (Wildman–Crippen MR) is 78.4 cm³/mol. The summed E-state index contributed by atoms with van der Waals surface area (Å²) < 4.78 is 10.5. The number of aryl methyl sites for hydroxylation is 1. The molecule has 0 aromatic heterocycles. The van der Waals surface area contributed by atoms with Crippen LogP contribution in [0.4, 0.5) is 0 Å². The van der Waals surface area contributed by atoms with E-state index in [0.29, 0.717) is 0 Å². The van der Waals surface area contributed by atoms with E-state index in [4.69, 9.17) is 21.1 Å². The quantitative estimate of drug-likeness (QED) is 0.774. The maximum Gasteiger partial charge on any atom is 0.122 e. The van der Waals surface area contributed by atoms with E-state index in [2.05, 4.69) is 0 Å². The van der Waals surface area contributed by atoms with E-state index in [-0.39, 0.29) is 5.38 Å². The van der Waals surface area contributed by atoms with Crippen LogP contribution in [0.25, 0.3) is 0 Å². The molecule has 0 fully saturated rings. The molecule has 0 heterocycles. The molecule has 100 valence electrons. The van der Waals surface area contributed by atoms with Gasteiger partial charge >= 0.3 is 0 Å². The lowest BCUT2D eigenvalue weighted by Crippen LogP contribution is -1.96. The Morgan fingerprint density at radius 3 is 2.11 bits per heavy atom. The molecule has 0 aliphatic carbocycles. The summed E-state index contributed by atoms with van der Waals surface area (Å²) in [4.78, 5) is 0. The van der Waals surface area contributed by atoms with E-state index in [1.807, 2.05) is 49.4 Å². The summed E-state index contributed by atoms with van der Waals surface area (Å²) in [5.74, 6) is 1.69. The van der Waals surface area contributed by atoms with Crippen LogP contribution >= 0.6 is 11.6 Å². The van der Waals surface area contributed by atoms with Crippen LogP contribution in [0.2, 0.25) is 0 Å². The second kappa shape index (κ2) is 5.98. The van der Waals surface area contributed by atoms with Gasteiger partial charge in [0.25, 0.3) is 0 Å². The third-order valence-corrected chi connectivity index (χ3v) is 3.64. The molecule has 1 unspecified atom stereocenters. The first-order chi connectivity index (χ1) is 9.15. The summed E-state index contributed by atoms with van der Waals surface area (Å²) in [6.45, 7) is 2.01. The normalized spacial score (nSPS) is 12.0. The van der Waals surface area contributed by atoms with Gasteiger partial charge < -0.3 is 9.47 Å². The molecule has 0 amide bonds. The van der Waals surface area contributed by atoms with Gasteiger partial charge in [0.05, 0.1) is 19.6 Å². The molecule has 0 N–H and O–H groups in total. The summed E-state index contributed by atoms with van der Waals surface area (Å²) in [5.41, 5.74) is 3.16. The molecule has 0 bridgehead atoms. The van der Waals surface area contributed by atoms with Crippen molar-refractivity contribution >= 4 is 11.6 Å². The van der Waals surface area contributed by atoms with Crippen LogP contribution in [-0.4, -0.2) is 14.2 Å². The van der Waals surface area contributed by atoms with Gasteiger partial charge in [-0.3, -0.25) is 0 Å². The average molecular weight is 277 g/mol. The Balaban J connectivity index is 2.29. The minimum absolute atomic E-state index is 0.194. The fourth-order valence-corrected chi connectivity index (χ4v) is 2.24. The fourth-order valence-electron chi connectivity index (χ4n) is 1.96. The lowest BCUT2D eigenvalue weighted by atomic mass is 10.0. The zero-order valence-corrected chi connectivity index (χ0v) is 12.1. The van der Waals surface area contributed by atoms with Crippen molar-refractivity contribution in [2.24, 2.45) is 0 Å². The molecule has 0 saturated heterocycles. The SMILES string of the molecule is COc1ccc(C(Cl)c2ccc(C)c(OC)c2)cc1. The Bertz CT molecular complexity index is 549. The molecule has 1 atom stereocenters. The number of alkyl halides is 1. The Morgan fingerprint density at radius 1 is 0.895 bits per heavy atom. The topological polar surface area (TPSA) is 18.5 Å². The van der Waals surface area contributed by atoms with E-state index in [9.17, 15) is 0 Å². The van der Waals surface area contributed by atoms with Crippen molar-refractivity contribution in [2.75, 3.05) is 14.2 Å². The van der Waals surface area contributed by atoms with Crippen LogP contribution in [0, 0.1) is 6.92 Å². The van der Waals surface area contributed by atoms with Gasteiger partial charge in [-0.25, -0.2) is 0 Å². The Morgan fingerprint density at radius 2 is 1.53 bits per heavy atom. The van der Waals surface area contributed by atoms with Crippen LogP contribution in [0.3, 0.4) is 0 Å². The van der Waals surface area contributed by atoms with Gasteiger partial charge in [0.2, 0.25) is 0 Å². The van der Waals surface area contributed by atoms with Crippen molar-refractivity contribution in [1.82, 2.24) is 0 Å². The molecule has 19 heavy (non-hydrogen) atoms. The molecule has 0 saturated carbocycles. The summed E-state index contributed by atoms with van der Waals surface area (Å²) in [6, 6.07) is 13.8. The number of hydrogen-bond donors (Lipinski definition) is 0. The maximum absolute atomic E-state index is 6.51. The zero-order valence-electron chi connectivity index (χ0n) is 11.3. The molecule has 2 rings (SSSR count). The lowest BCUT2D eigenvalue weighted by molar-refractivity contribution is 0.411. The minimum atomic E-state index is -0.194. The highest BCUT2D eigenvalue weighted by Gasteiger charge is 2.12. The number of ether oxygens (including phenoxy) is 2. The highest BCUT2D eigenvalue weighted by Crippen LogP contribution is 2.32. The Hall–Kier alpha value is -1.67. The minimum Gasteiger partial charge on any atom is -0.497 e. The highest BCUT2D eigenvalue weighted by molar-refractivity contribution is 6.22. The van der Waals surface area contributed by atoms with Crippen molar-refractivity contribution < 1.29 is 9.47 Å². The Kier molecular flexibility index (Phi) is 4.33. The number of hydrogen-bond acceptors (Lipinski definition) is 2. The van der Waals surface area contributed by atoms with Gasteiger partial charge in [-0.1, -0.05) is 24.3 Å². The van der Waals surface area contributed by atoms with Crippen LogP contribution in [0.1, 0.15) is 22.1 Å². The molecule has 0 aliphatic heterocycles. The first-order valence-corrected chi connectivity index (χ1v) is 6.52. The largest absolute Gasteiger partial charge is 0.497 e. The van der Waals surface area contributed by atoms with Gasteiger partial charge in [0.1, 0.15) is 11.5 Å². The summed E-state index contributed by atoms with van der Waals surface area (Å²) >= 11 is 6.51. The number of benzene rings is 2. The summed E-state index contributed by atoms with van der Waals surface area (Å²) in [5, 5.41) is -0.194. The first kappa shape index (κ1) is 13.8.